The lowest BCUT2D eigenvalue weighted by Gasteiger charge is -2.38. The van der Waals surface area contributed by atoms with E-state index in [2.05, 4.69) is 114 Å². The van der Waals surface area contributed by atoms with Crippen LogP contribution < -0.4 is 4.90 Å². The Labute approximate surface area is 154 Å². The van der Waals surface area contributed by atoms with E-state index in [1.165, 1.54) is 33.8 Å². The quantitative estimate of drug-likeness (QED) is 0.349. The van der Waals surface area contributed by atoms with Crippen LogP contribution in [0, 0.1) is 0 Å². The molecule has 0 unspecified atom stereocenters. The van der Waals surface area contributed by atoms with Gasteiger partial charge < -0.3 is 4.90 Å². The van der Waals surface area contributed by atoms with Gasteiger partial charge >= 0.3 is 0 Å². The van der Waals surface area contributed by atoms with Gasteiger partial charge in [-0.3, -0.25) is 0 Å². The van der Waals surface area contributed by atoms with Gasteiger partial charge in [-0.2, -0.15) is 0 Å². The fraction of sp³-hybridized carbons (Fsp3) is 0.0400. The minimum absolute atomic E-state index is 0.253. The molecule has 0 fully saturated rings. The molecule has 0 N–H and O–H groups in total. The first kappa shape index (κ1) is 15.0. The van der Waals surface area contributed by atoms with Crippen molar-refractivity contribution in [1.82, 2.24) is 0 Å². The maximum atomic E-state index is 2.38. The van der Waals surface area contributed by atoms with Crippen LogP contribution in [0.2, 0.25) is 0 Å². The van der Waals surface area contributed by atoms with Gasteiger partial charge in [0.1, 0.15) is 0 Å². The zero-order valence-corrected chi connectivity index (χ0v) is 14.4. The van der Waals surface area contributed by atoms with E-state index in [1.807, 2.05) is 0 Å². The molecule has 5 rings (SSSR count). The summed E-state index contributed by atoms with van der Waals surface area (Å²) in [5.41, 5.74) is 7.74. The van der Waals surface area contributed by atoms with Crippen molar-refractivity contribution < 1.29 is 0 Å². The monoisotopic (exact) mass is 333 g/mol. The highest BCUT2D eigenvalue weighted by molar-refractivity contribution is 5.85. The number of anilines is 3. The molecule has 0 saturated heterocycles. The molecular formula is C25H19N. The lowest BCUT2D eigenvalue weighted by atomic mass is 9.80. The summed E-state index contributed by atoms with van der Waals surface area (Å²) in [4.78, 5) is 2.38. The normalized spacial score (nSPS) is 13.2. The molecule has 26 heavy (non-hydrogen) atoms. The van der Waals surface area contributed by atoms with E-state index < -0.39 is 0 Å². The van der Waals surface area contributed by atoms with Gasteiger partial charge in [0.05, 0.1) is 11.4 Å². The predicted molar refractivity (Wildman–Crippen MR) is 109 cm³/mol. The molecule has 1 aliphatic rings. The first-order valence-electron chi connectivity index (χ1n) is 9.01. The van der Waals surface area contributed by atoms with Crippen LogP contribution >= 0.6 is 0 Å². The Balaban J connectivity index is 1.80. The molecule has 1 heteroatoms. The van der Waals surface area contributed by atoms with Crippen LogP contribution in [0.4, 0.5) is 17.1 Å². The summed E-state index contributed by atoms with van der Waals surface area (Å²) in [5.74, 6) is 0.253. The Morgan fingerprint density at radius 3 is 1.50 bits per heavy atom. The number of rotatable bonds is 2. The molecule has 1 aliphatic heterocycles. The second-order valence-electron chi connectivity index (χ2n) is 6.63. The number of nitrogens with zero attached hydrogens (tertiary/aromatic N) is 1. The number of fused-ring (bicyclic) bond motifs is 2. The van der Waals surface area contributed by atoms with E-state index in [1.54, 1.807) is 0 Å². The average molecular weight is 333 g/mol. The predicted octanol–water partition coefficient (Wildman–Crippen LogP) is 6.65. The van der Waals surface area contributed by atoms with E-state index in [0.29, 0.717) is 0 Å². The molecule has 0 saturated carbocycles. The van der Waals surface area contributed by atoms with Crippen molar-refractivity contribution >= 4 is 17.1 Å². The molecule has 0 atom stereocenters. The molecule has 0 radical (unpaired) electrons. The summed E-state index contributed by atoms with van der Waals surface area (Å²) in [6, 6.07) is 39.0. The van der Waals surface area contributed by atoms with Gasteiger partial charge in [-0.25, -0.2) is 0 Å². The number of benzene rings is 4. The number of hydrogen-bond donors (Lipinski definition) is 0. The van der Waals surface area contributed by atoms with Crippen molar-refractivity contribution in [1.29, 1.82) is 0 Å². The van der Waals surface area contributed by atoms with Gasteiger partial charge in [-0.1, -0.05) is 84.9 Å². The van der Waals surface area contributed by atoms with Crippen LogP contribution in [0.15, 0.2) is 109 Å². The third-order valence-corrected chi connectivity index (χ3v) is 5.12. The minimum atomic E-state index is 0.253. The summed E-state index contributed by atoms with van der Waals surface area (Å²) in [6.45, 7) is 0. The Bertz CT molecular complexity index is 905. The van der Waals surface area contributed by atoms with E-state index in [0.717, 1.165) is 0 Å². The molecule has 1 nitrogen and oxygen atoms in total. The summed E-state index contributed by atoms with van der Waals surface area (Å²) in [7, 11) is 0. The lowest BCUT2D eigenvalue weighted by Crippen LogP contribution is -2.22. The van der Waals surface area contributed by atoms with Crippen LogP contribution in [0.25, 0.3) is 0 Å². The van der Waals surface area contributed by atoms with Gasteiger partial charge in [0.25, 0.3) is 0 Å². The summed E-state index contributed by atoms with van der Waals surface area (Å²) < 4.78 is 0. The smallest absolute Gasteiger partial charge is 0.0503 e. The fourth-order valence-corrected chi connectivity index (χ4v) is 4.03. The largest absolute Gasteiger partial charge is 0.310 e. The standard InChI is InChI=1S/C25H19N/c1-3-11-19(12-4-1)25-21-15-7-9-17-23(21)26(20-13-5-2-6-14-20)24-18-10-8-16-22(24)25/h1-18,25H. The van der Waals surface area contributed by atoms with Crippen molar-refractivity contribution in [3.63, 3.8) is 0 Å². The highest BCUT2D eigenvalue weighted by Crippen LogP contribution is 2.50. The number of para-hydroxylation sites is 3. The second kappa shape index (κ2) is 6.20. The minimum Gasteiger partial charge on any atom is -0.310 e. The van der Waals surface area contributed by atoms with Crippen molar-refractivity contribution in [2.45, 2.75) is 5.92 Å². The second-order valence-corrected chi connectivity index (χ2v) is 6.63. The molecule has 4 aromatic rings. The summed E-state index contributed by atoms with van der Waals surface area (Å²) >= 11 is 0. The van der Waals surface area contributed by atoms with E-state index in [9.17, 15) is 0 Å². The Kier molecular flexibility index (Phi) is 3.57. The Morgan fingerprint density at radius 2 is 0.923 bits per heavy atom. The lowest BCUT2D eigenvalue weighted by molar-refractivity contribution is 0.939. The topological polar surface area (TPSA) is 3.24 Å². The van der Waals surface area contributed by atoms with Crippen LogP contribution in [0.1, 0.15) is 22.6 Å². The molecule has 1 heterocycles. The molecule has 124 valence electrons. The highest BCUT2D eigenvalue weighted by atomic mass is 15.2. The third kappa shape index (κ3) is 2.33. The first-order chi connectivity index (χ1) is 12.9. The summed E-state index contributed by atoms with van der Waals surface area (Å²) in [6.07, 6.45) is 0. The molecule has 0 amide bonds. The van der Waals surface area contributed by atoms with Crippen LogP contribution in [-0.4, -0.2) is 0 Å². The van der Waals surface area contributed by atoms with Crippen molar-refractivity contribution in [2.24, 2.45) is 0 Å². The van der Waals surface area contributed by atoms with Gasteiger partial charge in [0, 0.05) is 11.6 Å². The van der Waals surface area contributed by atoms with E-state index >= 15 is 0 Å². The van der Waals surface area contributed by atoms with Gasteiger partial charge in [0.15, 0.2) is 0 Å². The Morgan fingerprint density at radius 1 is 0.462 bits per heavy atom. The maximum absolute atomic E-state index is 2.38. The van der Waals surface area contributed by atoms with E-state index in [-0.39, 0.29) is 5.92 Å². The molecular weight excluding hydrogens is 314 g/mol. The molecule has 0 aliphatic carbocycles. The molecule has 0 aromatic heterocycles. The average Bonchev–Trinajstić information content (AvgIpc) is 2.73. The van der Waals surface area contributed by atoms with Crippen LogP contribution in [0.5, 0.6) is 0 Å². The van der Waals surface area contributed by atoms with Crippen LogP contribution in [-0.2, 0) is 0 Å². The molecule has 0 bridgehead atoms. The van der Waals surface area contributed by atoms with Crippen molar-refractivity contribution in [3.8, 4) is 0 Å². The van der Waals surface area contributed by atoms with Gasteiger partial charge in [-0.05, 0) is 41.0 Å². The van der Waals surface area contributed by atoms with Crippen molar-refractivity contribution in [2.75, 3.05) is 4.90 Å². The zero-order chi connectivity index (χ0) is 17.3. The maximum Gasteiger partial charge on any atom is 0.0503 e. The van der Waals surface area contributed by atoms with E-state index in [4.69, 9.17) is 0 Å². The zero-order valence-electron chi connectivity index (χ0n) is 14.4. The molecule has 0 spiro atoms. The van der Waals surface area contributed by atoms with Gasteiger partial charge in [-0.15, -0.1) is 0 Å². The molecule has 4 aromatic carbocycles. The Hall–Kier alpha value is -3.32. The number of hydrogen-bond acceptors (Lipinski definition) is 1. The highest BCUT2D eigenvalue weighted by Gasteiger charge is 2.31. The van der Waals surface area contributed by atoms with Crippen molar-refractivity contribution in [3.05, 3.63) is 126 Å². The van der Waals surface area contributed by atoms with Gasteiger partial charge in [0.2, 0.25) is 0 Å². The third-order valence-electron chi connectivity index (χ3n) is 5.12. The first-order valence-corrected chi connectivity index (χ1v) is 9.01. The van der Waals surface area contributed by atoms with Crippen LogP contribution in [0.3, 0.4) is 0 Å². The summed E-state index contributed by atoms with van der Waals surface area (Å²) in [5, 5.41) is 0. The fourth-order valence-electron chi connectivity index (χ4n) is 4.03. The SMILES string of the molecule is c1ccc(C2c3ccccc3N(c3ccccc3)c3ccccc32)cc1.